The zero-order valence-corrected chi connectivity index (χ0v) is 40.0. The molecule has 1 unspecified atom stereocenters. The maximum Gasteiger partial charge on any atom is 0.0727 e. The fourth-order valence-electron chi connectivity index (χ4n) is 12.6. The minimum Gasteiger partial charge on any atom is -0.310 e. The first-order valence-corrected chi connectivity index (χ1v) is 25.3. The highest BCUT2D eigenvalue weighted by atomic mass is 15.1. The van der Waals surface area contributed by atoms with E-state index in [4.69, 9.17) is 0 Å². The van der Waals surface area contributed by atoms with Crippen molar-refractivity contribution in [2.24, 2.45) is 0 Å². The molecule has 2 nitrogen and oxygen atoms in total. The standard InChI is InChI=1S/C71H46N2/c1-2-20-51(21-3-1)70-60-25-11-10-19-50(60)33-41-69(70)73(57-36-32-49-18-6-9-24-54(49)44-57)59-38-40-64-62-27-13-15-29-66(62)71(68(64)46-59)65-28-14-12-26-61(65)63-39-37-58(45-67(63)71)72(55-34-30-47-16-4-7-22-52(47)42-55)56-35-31-48-17-5-8-23-53(48)43-56/h1-46H. The van der Waals surface area contributed by atoms with Crippen LogP contribution in [0.15, 0.2) is 279 Å². The van der Waals surface area contributed by atoms with Crippen LogP contribution in [0.3, 0.4) is 0 Å². The number of nitrogens with zero attached hydrogens (tertiary/aromatic N) is 2. The molecule has 2 aliphatic rings. The van der Waals surface area contributed by atoms with Crippen molar-refractivity contribution in [1.82, 2.24) is 0 Å². The summed E-state index contributed by atoms with van der Waals surface area (Å²) >= 11 is 0. The van der Waals surface area contributed by atoms with Gasteiger partial charge in [-0.3, -0.25) is 0 Å². The minimum atomic E-state index is -0.622. The van der Waals surface area contributed by atoms with Gasteiger partial charge in [0.2, 0.25) is 0 Å². The molecule has 2 heteroatoms. The smallest absolute Gasteiger partial charge is 0.0727 e. The topological polar surface area (TPSA) is 6.48 Å². The lowest BCUT2D eigenvalue weighted by molar-refractivity contribution is 0.793. The van der Waals surface area contributed by atoms with Crippen molar-refractivity contribution >= 4 is 77.2 Å². The molecule has 0 aromatic heterocycles. The molecule has 13 aromatic rings. The number of rotatable bonds is 7. The first-order chi connectivity index (χ1) is 36.2. The number of fused-ring (bicyclic) bond motifs is 14. The van der Waals surface area contributed by atoms with Gasteiger partial charge >= 0.3 is 0 Å². The highest BCUT2D eigenvalue weighted by Crippen LogP contribution is 2.64. The normalized spacial score (nSPS) is 14.1. The van der Waals surface area contributed by atoms with Gasteiger partial charge in [-0.05, 0) is 160 Å². The third-order valence-corrected chi connectivity index (χ3v) is 15.8. The lowest BCUT2D eigenvalue weighted by Crippen LogP contribution is -2.26. The molecule has 0 fully saturated rings. The van der Waals surface area contributed by atoms with Crippen molar-refractivity contribution in [2.75, 3.05) is 9.80 Å². The number of hydrogen-bond acceptors (Lipinski definition) is 2. The second kappa shape index (κ2) is 16.3. The monoisotopic (exact) mass is 926 g/mol. The van der Waals surface area contributed by atoms with Crippen LogP contribution in [0.1, 0.15) is 22.3 Å². The van der Waals surface area contributed by atoms with Crippen LogP contribution in [-0.2, 0) is 5.41 Å². The van der Waals surface area contributed by atoms with Crippen LogP contribution in [-0.4, -0.2) is 0 Å². The molecule has 0 bridgehead atoms. The average Bonchev–Trinajstić information content (AvgIpc) is 4.03. The summed E-state index contributed by atoms with van der Waals surface area (Å²) in [6.45, 7) is 0. The van der Waals surface area contributed by atoms with E-state index in [0.29, 0.717) is 0 Å². The van der Waals surface area contributed by atoms with Crippen LogP contribution in [0.25, 0.3) is 76.5 Å². The molecule has 2 aliphatic carbocycles. The van der Waals surface area contributed by atoms with E-state index in [-0.39, 0.29) is 0 Å². The second-order valence-electron chi connectivity index (χ2n) is 19.6. The Morgan fingerprint density at radius 2 is 0.603 bits per heavy atom. The van der Waals surface area contributed by atoms with Gasteiger partial charge in [0.25, 0.3) is 0 Å². The van der Waals surface area contributed by atoms with Crippen molar-refractivity contribution in [3.05, 3.63) is 301 Å². The Bertz CT molecular complexity index is 4270. The molecule has 13 aromatic carbocycles. The lowest BCUT2D eigenvalue weighted by Gasteiger charge is -2.34. The third kappa shape index (κ3) is 6.30. The van der Waals surface area contributed by atoms with Crippen LogP contribution < -0.4 is 9.80 Å². The molecule has 0 N–H and O–H groups in total. The molecule has 1 atom stereocenters. The fourth-order valence-corrected chi connectivity index (χ4v) is 12.6. The van der Waals surface area contributed by atoms with E-state index < -0.39 is 5.41 Å². The van der Waals surface area contributed by atoms with Gasteiger partial charge in [0.05, 0.1) is 11.1 Å². The van der Waals surface area contributed by atoms with Gasteiger partial charge in [0, 0.05) is 34.0 Å². The molecule has 0 amide bonds. The summed E-state index contributed by atoms with van der Waals surface area (Å²) in [5.41, 5.74) is 18.7. The van der Waals surface area contributed by atoms with Gasteiger partial charge in [0.1, 0.15) is 0 Å². The summed E-state index contributed by atoms with van der Waals surface area (Å²) in [4.78, 5) is 4.97. The number of anilines is 6. The molecule has 0 saturated carbocycles. The van der Waals surface area contributed by atoms with Crippen LogP contribution in [0.2, 0.25) is 0 Å². The average molecular weight is 927 g/mol. The van der Waals surface area contributed by atoms with Crippen LogP contribution in [0.4, 0.5) is 34.1 Å². The molecule has 340 valence electrons. The van der Waals surface area contributed by atoms with Gasteiger partial charge in [0.15, 0.2) is 0 Å². The van der Waals surface area contributed by atoms with Crippen LogP contribution in [0, 0.1) is 0 Å². The Morgan fingerprint density at radius 1 is 0.233 bits per heavy atom. The molecule has 73 heavy (non-hydrogen) atoms. The van der Waals surface area contributed by atoms with E-state index in [1.807, 2.05) is 0 Å². The van der Waals surface area contributed by atoms with Crippen molar-refractivity contribution in [3.63, 3.8) is 0 Å². The zero-order chi connectivity index (χ0) is 48.0. The maximum absolute atomic E-state index is 2.53. The first-order valence-electron chi connectivity index (χ1n) is 25.3. The molecule has 0 radical (unpaired) electrons. The van der Waals surface area contributed by atoms with Crippen molar-refractivity contribution in [3.8, 4) is 33.4 Å². The Kier molecular flexibility index (Phi) is 9.21. The summed E-state index contributed by atoms with van der Waals surface area (Å²) < 4.78 is 0. The Balaban J connectivity index is 1.00. The predicted octanol–water partition coefficient (Wildman–Crippen LogP) is 19.2. The Hall–Kier alpha value is -9.50. The van der Waals surface area contributed by atoms with Gasteiger partial charge < -0.3 is 9.80 Å². The Morgan fingerprint density at radius 3 is 1.14 bits per heavy atom. The summed E-state index contributed by atoms with van der Waals surface area (Å²) in [5, 5.41) is 9.71. The summed E-state index contributed by atoms with van der Waals surface area (Å²) in [7, 11) is 0. The van der Waals surface area contributed by atoms with Gasteiger partial charge in [-0.25, -0.2) is 0 Å². The maximum atomic E-state index is 2.53. The van der Waals surface area contributed by atoms with E-state index in [1.54, 1.807) is 0 Å². The summed E-state index contributed by atoms with van der Waals surface area (Å²) in [6, 6.07) is 104. The Labute approximate surface area is 424 Å². The molecule has 15 rings (SSSR count). The largest absolute Gasteiger partial charge is 0.310 e. The zero-order valence-electron chi connectivity index (χ0n) is 40.0. The molecule has 0 aliphatic heterocycles. The quantitative estimate of drug-likeness (QED) is 0.157. The lowest BCUT2D eigenvalue weighted by atomic mass is 9.70. The van der Waals surface area contributed by atoms with Crippen molar-refractivity contribution < 1.29 is 0 Å². The second-order valence-corrected chi connectivity index (χ2v) is 19.6. The van der Waals surface area contributed by atoms with Gasteiger partial charge in [-0.2, -0.15) is 0 Å². The first kappa shape index (κ1) is 41.3. The highest BCUT2D eigenvalue weighted by molar-refractivity contribution is 6.07. The SMILES string of the molecule is c1ccc(-c2c(N(c3ccc4c(c3)C3(c5ccccc5-c5ccc(N(c6ccc7ccccc7c6)c6ccc7ccccc7c6)cc53)c3ccccc3-4)c3ccc4ccccc4c3)ccc3ccccc23)cc1. The van der Waals surface area contributed by atoms with Gasteiger partial charge in [-0.1, -0.05) is 212 Å². The van der Waals surface area contributed by atoms with E-state index in [0.717, 1.165) is 34.1 Å². The van der Waals surface area contributed by atoms with Crippen molar-refractivity contribution in [2.45, 2.75) is 5.41 Å². The van der Waals surface area contributed by atoms with Gasteiger partial charge in [-0.15, -0.1) is 0 Å². The molecular formula is C71H46N2. The van der Waals surface area contributed by atoms with E-state index in [2.05, 4.69) is 289 Å². The number of benzene rings is 13. The van der Waals surface area contributed by atoms with Crippen LogP contribution in [0.5, 0.6) is 0 Å². The molecule has 1 spiro atoms. The van der Waals surface area contributed by atoms with Crippen LogP contribution >= 0.6 is 0 Å². The predicted molar refractivity (Wildman–Crippen MR) is 308 cm³/mol. The molecule has 0 heterocycles. The molecule has 0 saturated heterocycles. The highest BCUT2D eigenvalue weighted by Gasteiger charge is 2.52. The van der Waals surface area contributed by atoms with E-state index in [9.17, 15) is 0 Å². The summed E-state index contributed by atoms with van der Waals surface area (Å²) in [6.07, 6.45) is 0. The third-order valence-electron chi connectivity index (χ3n) is 15.8. The van der Waals surface area contributed by atoms with Crippen molar-refractivity contribution in [1.29, 1.82) is 0 Å². The molecular weight excluding hydrogens is 881 g/mol. The fraction of sp³-hybridized carbons (Fsp3) is 0.0141. The minimum absolute atomic E-state index is 0.622. The number of hydrogen-bond donors (Lipinski definition) is 0. The van der Waals surface area contributed by atoms with E-state index >= 15 is 0 Å². The summed E-state index contributed by atoms with van der Waals surface area (Å²) in [5.74, 6) is 0. The van der Waals surface area contributed by atoms with E-state index in [1.165, 1.54) is 98.7 Å².